The highest BCUT2D eigenvalue weighted by Gasteiger charge is 2.35. The molecule has 0 saturated heterocycles. The quantitative estimate of drug-likeness (QED) is 0.143. The van der Waals surface area contributed by atoms with Gasteiger partial charge in [-0.05, 0) is 74.4 Å². The molecule has 4 rings (SSSR count). The maximum atomic E-state index is 14.6. The molecule has 0 fully saturated rings. The number of carbonyl (C=O) groups excluding carboxylic acids is 2. The Bertz CT molecular complexity index is 1720. The van der Waals surface area contributed by atoms with Crippen molar-refractivity contribution in [3.63, 3.8) is 0 Å². The van der Waals surface area contributed by atoms with Crippen LogP contribution < -0.4 is 14.4 Å². The molecule has 4 aromatic carbocycles. The van der Waals surface area contributed by atoms with Gasteiger partial charge in [0.1, 0.15) is 18.3 Å². The highest BCUT2D eigenvalue weighted by molar-refractivity contribution is 7.92. The predicted molar refractivity (Wildman–Crippen MR) is 187 cm³/mol. The highest BCUT2D eigenvalue weighted by atomic mass is 35.5. The maximum Gasteiger partial charge on any atom is 0.264 e. The molecule has 11 heteroatoms. The van der Waals surface area contributed by atoms with Crippen molar-refractivity contribution in [2.24, 2.45) is 0 Å². The summed E-state index contributed by atoms with van der Waals surface area (Å²) in [5.41, 5.74) is 1.52. The van der Waals surface area contributed by atoms with Gasteiger partial charge < -0.3 is 15.0 Å². The Balaban J connectivity index is 1.83. The van der Waals surface area contributed by atoms with Gasteiger partial charge in [-0.2, -0.15) is 0 Å². The van der Waals surface area contributed by atoms with E-state index in [9.17, 15) is 18.0 Å². The van der Waals surface area contributed by atoms with E-state index in [2.05, 4.69) is 5.32 Å². The van der Waals surface area contributed by atoms with E-state index in [1.54, 1.807) is 60.7 Å². The number of nitrogens with one attached hydrogen (secondary N) is 1. The Hall–Kier alpha value is -4.05. The third-order valence-corrected chi connectivity index (χ3v) is 10.2. The minimum absolute atomic E-state index is 0.0118. The molecule has 1 N–H and O–H groups in total. The van der Waals surface area contributed by atoms with Gasteiger partial charge in [0, 0.05) is 34.6 Å². The van der Waals surface area contributed by atoms with Crippen molar-refractivity contribution in [3.05, 3.63) is 124 Å². The summed E-state index contributed by atoms with van der Waals surface area (Å²) in [5.74, 6) is -0.438. The Labute approximate surface area is 287 Å². The molecule has 2 atom stereocenters. The lowest BCUT2D eigenvalue weighted by atomic mass is 10.0. The molecule has 0 aromatic heterocycles. The van der Waals surface area contributed by atoms with E-state index < -0.39 is 28.5 Å². The molecule has 0 radical (unpaired) electrons. The van der Waals surface area contributed by atoms with Crippen molar-refractivity contribution in [1.29, 1.82) is 0 Å². The molecule has 0 aliphatic carbocycles. The van der Waals surface area contributed by atoms with Crippen LogP contribution >= 0.6 is 23.2 Å². The van der Waals surface area contributed by atoms with Gasteiger partial charge in [0.25, 0.3) is 10.0 Å². The number of ether oxygens (including phenoxy) is 1. The van der Waals surface area contributed by atoms with Gasteiger partial charge >= 0.3 is 0 Å². The molecule has 0 spiro atoms. The van der Waals surface area contributed by atoms with E-state index in [-0.39, 0.29) is 35.5 Å². The number of hydrogen-bond acceptors (Lipinski definition) is 5. The van der Waals surface area contributed by atoms with E-state index in [4.69, 9.17) is 27.9 Å². The molecule has 0 unspecified atom stereocenters. The van der Waals surface area contributed by atoms with Gasteiger partial charge in [-0.3, -0.25) is 13.9 Å². The zero-order chi connectivity index (χ0) is 34.0. The molecule has 0 aliphatic rings. The molecule has 248 valence electrons. The lowest BCUT2D eigenvalue weighted by Crippen LogP contribution is -2.54. The first-order valence-electron chi connectivity index (χ1n) is 15.4. The van der Waals surface area contributed by atoms with Crippen LogP contribution in [0.5, 0.6) is 5.75 Å². The zero-order valence-electron chi connectivity index (χ0n) is 26.6. The molecule has 4 aromatic rings. The summed E-state index contributed by atoms with van der Waals surface area (Å²) in [5, 5.41) is 3.65. The first kappa shape index (κ1) is 35.8. The van der Waals surface area contributed by atoms with Crippen molar-refractivity contribution >= 4 is 50.7 Å². The lowest BCUT2D eigenvalue weighted by Gasteiger charge is -2.34. The summed E-state index contributed by atoms with van der Waals surface area (Å²) >= 11 is 13.2. The average Bonchev–Trinajstić information content (AvgIpc) is 3.07. The third kappa shape index (κ3) is 9.28. The normalized spacial score (nSPS) is 12.5. The second-order valence-corrected chi connectivity index (χ2v) is 13.7. The van der Waals surface area contributed by atoms with Crippen molar-refractivity contribution in [1.82, 2.24) is 10.2 Å². The number of benzene rings is 4. The molecule has 47 heavy (non-hydrogen) atoms. The Morgan fingerprint density at radius 3 is 2.00 bits per heavy atom. The number of nitrogens with zero attached hydrogens (tertiary/aromatic N) is 2. The summed E-state index contributed by atoms with van der Waals surface area (Å²) in [7, 11) is -4.23. The van der Waals surface area contributed by atoms with E-state index >= 15 is 0 Å². The number of halogens is 2. The number of hydrogen-bond donors (Lipinski definition) is 1. The summed E-state index contributed by atoms with van der Waals surface area (Å²) < 4.78 is 34.9. The van der Waals surface area contributed by atoms with Crippen LogP contribution in [0.3, 0.4) is 0 Å². The number of carbonyl (C=O) groups is 2. The maximum absolute atomic E-state index is 14.6. The Kier molecular flexibility index (Phi) is 12.7. The second kappa shape index (κ2) is 16.7. The van der Waals surface area contributed by atoms with E-state index in [0.717, 1.165) is 9.87 Å². The Morgan fingerprint density at radius 1 is 0.830 bits per heavy atom. The fourth-order valence-corrected chi connectivity index (χ4v) is 6.92. The molecule has 0 saturated carbocycles. The number of sulfonamides is 1. The van der Waals surface area contributed by atoms with Crippen molar-refractivity contribution < 1.29 is 22.7 Å². The first-order chi connectivity index (χ1) is 22.5. The zero-order valence-corrected chi connectivity index (χ0v) is 28.9. The van der Waals surface area contributed by atoms with Gasteiger partial charge in [0.05, 0.1) is 17.2 Å². The molecule has 0 aliphatic heterocycles. The molecular formula is C36H39Cl2N3O5S. The van der Waals surface area contributed by atoms with E-state index in [0.29, 0.717) is 34.4 Å². The van der Waals surface area contributed by atoms with Crippen LogP contribution in [0, 0.1) is 0 Å². The fraction of sp³-hybridized carbons (Fsp3) is 0.278. The van der Waals surface area contributed by atoms with Crippen LogP contribution in [-0.4, -0.2) is 50.4 Å². The van der Waals surface area contributed by atoms with E-state index in [1.165, 1.54) is 17.0 Å². The first-order valence-corrected chi connectivity index (χ1v) is 17.6. The monoisotopic (exact) mass is 695 g/mol. The third-order valence-electron chi connectivity index (χ3n) is 7.71. The molecule has 0 heterocycles. The summed E-state index contributed by atoms with van der Waals surface area (Å²) in [6.07, 6.45) is 0.848. The van der Waals surface area contributed by atoms with Gasteiger partial charge in [-0.25, -0.2) is 8.42 Å². The molecular weight excluding hydrogens is 657 g/mol. The minimum atomic E-state index is -4.23. The van der Waals surface area contributed by atoms with Crippen LogP contribution in [0.4, 0.5) is 5.69 Å². The predicted octanol–water partition coefficient (Wildman–Crippen LogP) is 7.14. The van der Waals surface area contributed by atoms with Crippen molar-refractivity contribution in [3.8, 4) is 5.75 Å². The van der Waals surface area contributed by atoms with Crippen LogP contribution in [0.15, 0.2) is 108 Å². The van der Waals surface area contributed by atoms with Crippen LogP contribution in [0.25, 0.3) is 0 Å². The summed E-state index contributed by atoms with van der Waals surface area (Å²) in [6, 6.07) is 27.5. The molecule has 8 nitrogen and oxygen atoms in total. The molecule has 2 amide bonds. The highest BCUT2D eigenvalue weighted by Crippen LogP contribution is 2.30. The fourth-order valence-electron chi connectivity index (χ4n) is 4.97. The second-order valence-electron chi connectivity index (χ2n) is 11.0. The average molecular weight is 697 g/mol. The van der Waals surface area contributed by atoms with Gasteiger partial charge in [-0.1, -0.05) is 84.7 Å². The van der Waals surface area contributed by atoms with Gasteiger partial charge in [0.2, 0.25) is 11.8 Å². The summed E-state index contributed by atoms with van der Waals surface area (Å²) in [6.45, 7) is 5.38. The van der Waals surface area contributed by atoms with Crippen molar-refractivity contribution in [2.45, 2.75) is 57.1 Å². The molecule has 0 bridgehead atoms. The van der Waals surface area contributed by atoms with Crippen LogP contribution in [0.1, 0.15) is 38.3 Å². The van der Waals surface area contributed by atoms with Crippen molar-refractivity contribution in [2.75, 3.05) is 17.5 Å². The standard InChI is InChI=1S/C36H39Cl2N3O5S/c1-4-26(3)39-36(43)34(23-27-13-8-6-9-14-27)40(24-31-32(37)17-12-18-33(31)38)35(42)25-41(28-19-21-29(22-20-28)46-5-2)47(44,45)30-15-10-7-11-16-30/h6-22,26,34H,4-5,23-25H2,1-3H3,(H,39,43)/t26-,34+/m1/s1. The summed E-state index contributed by atoms with van der Waals surface area (Å²) in [4.78, 5) is 30.0. The lowest BCUT2D eigenvalue weighted by molar-refractivity contribution is -0.140. The van der Waals surface area contributed by atoms with Gasteiger partial charge in [0.15, 0.2) is 0 Å². The largest absolute Gasteiger partial charge is 0.494 e. The SMILES string of the molecule is CCOc1ccc(N(CC(=O)N(Cc2c(Cl)cccc2Cl)[C@@H](Cc2ccccc2)C(=O)N[C@H](C)CC)S(=O)(=O)c2ccccc2)cc1. The van der Waals surface area contributed by atoms with Crippen LogP contribution in [-0.2, 0) is 32.6 Å². The number of anilines is 1. The van der Waals surface area contributed by atoms with Gasteiger partial charge in [-0.15, -0.1) is 0 Å². The smallest absolute Gasteiger partial charge is 0.264 e. The van der Waals surface area contributed by atoms with Crippen LogP contribution in [0.2, 0.25) is 10.0 Å². The van der Waals surface area contributed by atoms with E-state index in [1.807, 2.05) is 51.1 Å². The number of amides is 2. The topological polar surface area (TPSA) is 96.0 Å². The minimum Gasteiger partial charge on any atom is -0.494 e. The number of rotatable bonds is 15. The Morgan fingerprint density at radius 2 is 1.43 bits per heavy atom.